The van der Waals surface area contributed by atoms with Gasteiger partial charge in [-0.1, -0.05) is 46.3 Å². The van der Waals surface area contributed by atoms with Crippen molar-refractivity contribution in [3.63, 3.8) is 0 Å². The summed E-state index contributed by atoms with van der Waals surface area (Å²) in [5, 5.41) is 0.844. The highest BCUT2D eigenvalue weighted by Gasteiger charge is 2.13. The number of fused-ring (bicyclic) bond motifs is 1. The number of carbonyl (C=O) groups is 1. The number of methoxy groups -OCH3 is 1. The van der Waals surface area contributed by atoms with Crippen LogP contribution in [0.2, 0.25) is 0 Å². The van der Waals surface area contributed by atoms with Crippen LogP contribution in [0.3, 0.4) is 0 Å². The second kappa shape index (κ2) is 6.79. The summed E-state index contributed by atoms with van der Waals surface area (Å²) < 4.78 is 11.6. The molecule has 0 spiro atoms. The molecule has 4 nitrogen and oxygen atoms in total. The van der Waals surface area contributed by atoms with Crippen molar-refractivity contribution in [3.05, 3.63) is 70.3 Å². The zero-order valence-corrected chi connectivity index (χ0v) is 14.0. The summed E-state index contributed by atoms with van der Waals surface area (Å²) in [4.78, 5) is 16.2. The highest BCUT2D eigenvalue weighted by Crippen LogP contribution is 2.29. The average Bonchev–Trinajstić information content (AvgIpc) is 2.59. The molecule has 116 valence electrons. The van der Waals surface area contributed by atoms with Gasteiger partial charge in [-0.2, -0.15) is 0 Å². The Balaban J connectivity index is 2.01. The van der Waals surface area contributed by atoms with Crippen molar-refractivity contribution < 1.29 is 14.3 Å². The van der Waals surface area contributed by atoms with E-state index in [1.54, 1.807) is 6.07 Å². The summed E-state index contributed by atoms with van der Waals surface area (Å²) in [6.07, 6.45) is 0. The fourth-order valence-corrected chi connectivity index (χ4v) is 2.58. The zero-order chi connectivity index (χ0) is 16.2. The van der Waals surface area contributed by atoms with Gasteiger partial charge >= 0.3 is 5.97 Å². The first-order valence-corrected chi connectivity index (χ1v) is 7.82. The molecule has 0 atom stereocenters. The highest BCUT2D eigenvalue weighted by atomic mass is 79.9. The second-order valence-electron chi connectivity index (χ2n) is 4.93. The largest absolute Gasteiger partial charge is 0.488 e. The van der Waals surface area contributed by atoms with E-state index in [1.807, 2.05) is 48.5 Å². The number of carbonyl (C=O) groups excluding carboxylic acids is 1. The lowest BCUT2D eigenvalue weighted by atomic mass is 10.1. The van der Waals surface area contributed by atoms with Crippen LogP contribution in [0.15, 0.2) is 59.1 Å². The number of hydrogen-bond donors (Lipinski definition) is 0. The molecular weight excluding hydrogens is 358 g/mol. The quantitative estimate of drug-likeness (QED) is 0.639. The molecule has 0 radical (unpaired) electrons. The van der Waals surface area contributed by atoms with Crippen LogP contribution in [0, 0.1) is 0 Å². The molecule has 0 fully saturated rings. The van der Waals surface area contributed by atoms with E-state index in [2.05, 4.69) is 20.9 Å². The van der Waals surface area contributed by atoms with E-state index in [9.17, 15) is 4.79 Å². The van der Waals surface area contributed by atoms with E-state index < -0.39 is 5.97 Å². The predicted molar refractivity (Wildman–Crippen MR) is 91.6 cm³/mol. The minimum Gasteiger partial charge on any atom is -0.488 e. The molecule has 1 aromatic heterocycles. The van der Waals surface area contributed by atoms with Crippen molar-refractivity contribution in [1.29, 1.82) is 0 Å². The molecule has 2 aromatic carbocycles. The van der Waals surface area contributed by atoms with Crippen molar-refractivity contribution in [3.8, 4) is 5.75 Å². The number of aromatic nitrogens is 1. The number of esters is 1. The van der Waals surface area contributed by atoms with E-state index >= 15 is 0 Å². The smallest absolute Gasteiger partial charge is 0.356 e. The Labute approximate surface area is 142 Å². The second-order valence-corrected chi connectivity index (χ2v) is 5.85. The number of halogens is 1. The van der Waals surface area contributed by atoms with E-state index in [1.165, 1.54) is 7.11 Å². The molecule has 5 heteroatoms. The molecule has 0 aliphatic heterocycles. The molecule has 0 saturated carbocycles. The van der Waals surface area contributed by atoms with E-state index in [4.69, 9.17) is 9.47 Å². The van der Waals surface area contributed by atoms with Crippen molar-refractivity contribution >= 4 is 32.8 Å². The van der Waals surface area contributed by atoms with Crippen LogP contribution in [0.4, 0.5) is 0 Å². The van der Waals surface area contributed by atoms with Crippen molar-refractivity contribution in [2.75, 3.05) is 7.11 Å². The number of nitrogens with zero attached hydrogens (tertiary/aromatic N) is 1. The normalized spacial score (nSPS) is 10.5. The molecule has 0 bridgehead atoms. The van der Waals surface area contributed by atoms with Gasteiger partial charge in [-0.15, -0.1) is 0 Å². The molecule has 3 rings (SSSR count). The lowest BCUT2D eigenvalue weighted by Crippen LogP contribution is -2.06. The van der Waals surface area contributed by atoms with Crippen molar-refractivity contribution in [2.24, 2.45) is 0 Å². The summed E-state index contributed by atoms with van der Waals surface area (Å²) >= 11 is 3.41. The van der Waals surface area contributed by atoms with Gasteiger partial charge in [0.2, 0.25) is 0 Å². The zero-order valence-electron chi connectivity index (χ0n) is 12.5. The Kier molecular flexibility index (Phi) is 4.57. The van der Waals surface area contributed by atoms with Gasteiger partial charge in [-0.05, 0) is 23.8 Å². The number of benzene rings is 2. The summed E-state index contributed by atoms with van der Waals surface area (Å²) in [6, 6.07) is 17.1. The summed E-state index contributed by atoms with van der Waals surface area (Å²) in [6.45, 7) is 0.413. The van der Waals surface area contributed by atoms with Gasteiger partial charge in [0.15, 0.2) is 5.69 Å². The molecule has 0 N–H and O–H groups in total. The minimum atomic E-state index is -0.489. The third-order valence-electron chi connectivity index (χ3n) is 3.37. The average molecular weight is 372 g/mol. The number of ether oxygens (including phenoxy) is 2. The van der Waals surface area contributed by atoms with E-state index in [0.29, 0.717) is 17.9 Å². The SMILES string of the molecule is COC(=O)c1cc(OCc2ccccc2)c2ccc(Br)cc2n1. The third-order valence-corrected chi connectivity index (χ3v) is 3.86. The predicted octanol–water partition coefficient (Wildman–Crippen LogP) is 4.36. The van der Waals surface area contributed by atoms with Gasteiger partial charge in [0.25, 0.3) is 0 Å². The van der Waals surface area contributed by atoms with Crippen LogP contribution in [0.5, 0.6) is 5.75 Å². The Hall–Kier alpha value is -2.40. The Morgan fingerprint density at radius 1 is 1.13 bits per heavy atom. The first kappa shape index (κ1) is 15.5. The highest BCUT2D eigenvalue weighted by molar-refractivity contribution is 9.10. The van der Waals surface area contributed by atoms with Gasteiger partial charge in [-0.25, -0.2) is 9.78 Å². The van der Waals surface area contributed by atoms with Crippen LogP contribution >= 0.6 is 15.9 Å². The van der Waals surface area contributed by atoms with Crippen LogP contribution in [-0.4, -0.2) is 18.1 Å². The topological polar surface area (TPSA) is 48.4 Å². The molecule has 0 unspecified atom stereocenters. The molecule has 1 heterocycles. The Bertz CT molecular complexity index is 850. The maximum atomic E-state index is 11.8. The number of hydrogen-bond acceptors (Lipinski definition) is 4. The molecule has 3 aromatic rings. The van der Waals surface area contributed by atoms with Crippen LogP contribution in [-0.2, 0) is 11.3 Å². The summed E-state index contributed by atoms with van der Waals surface area (Å²) in [5.41, 5.74) is 1.95. The lowest BCUT2D eigenvalue weighted by molar-refractivity contribution is 0.0594. The molecule has 0 saturated heterocycles. The van der Waals surface area contributed by atoms with Crippen molar-refractivity contribution in [2.45, 2.75) is 6.61 Å². The van der Waals surface area contributed by atoms with E-state index in [0.717, 1.165) is 15.4 Å². The van der Waals surface area contributed by atoms with Gasteiger partial charge in [0.05, 0.1) is 12.6 Å². The standard InChI is InChI=1S/C18H14BrNO3/c1-22-18(21)16-10-17(23-11-12-5-3-2-4-6-12)14-8-7-13(19)9-15(14)20-16/h2-10H,11H2,1H3. The molecule has 0 aliphatic carbocycles. The fourth-order valence-electron chi connectivity index (χ4n) is 2.23. The first-order valence-electron chi connectivity index (χ1n) is 7.03. The maximum Gasteiger partial charge on any atom is 0.356 e. The fraction of sp³-hybridized carbons (Fsp3) is 0.111. The summed E-state index contributed by atoms with van der Waals surface area (Å²) in [7, 11) is 1.33. The minimum absolute atomic E-state index is 0.223. The van der Waals surface area contributed by atoms with Gasteiger partial charge in [0.1, 0.15) is 12.4 Å². The number of rotatable bonds is 4. The first-order chi connectivity index (χ1) is 11.2. The van der Waals surface area contributed by atoms with Gasteiger partial charge in [-0.3, -0.25) is 0 Å². The van der Waals surface area contributed by atoms with Gasteiger partial charge in [0, 0.05) is 15.9 Å². The van der Waals surface area contributed by atoms with Crippen LogP contribution in [0.1, 0.15) is 16.1 Å². The summed E-state index contributed by atoms with van der Waals surface area (Å²) in [5.74, 6) is 0.114. The van der Waals surface area contributed by atoms with Crippen molar-refractivity contribution in [1.82, 2.24) is 4.98 Å². The monoisotopic (exact) mass is 371 g/mol. The maximum absolute atomic E-state index is 11.8. The molecule has 0 aliphatic rings. The van der Waals surface area contributed by atoms with Crippen LogP contribution < -0.4 is 4.74 Å². The Morgan fingerprint density at radius 3 is 2.65 bits per heavy atom. The molecule has 23 heavy (non-hydrogen) atoms. The molecule has 0 amide bonds. The van der Waals surface area contributed by atoms with E-state index in [-0.39, 0.29) is 5.69 Å². The van der Waals surface area contributed by atoms with Gasteiger partial charge < -0.3 is 9.47 Å². The van der Waals surface area contributed by atoms with Crippen LogP contribution in [0.25, 0.3) is 10.9 Å². The number of pyridine rings is 1. The Morgan fingerprint density at radius 2 is 1.91 bits per heavy atom. The lowest BCUT2D eigenvalue weighted by Gasteiger charge is -2.11. The third kappa shape index (κ3) is 3.51. The molecular formula is C18H14BrNO3.